The Balaban J connectivity index is 1.83. The summed E-state index contributed by atoms with van der Waals surface area (Å²) in [6, 6.07) is 15.8. The van der Waals surface area contributed by atoms with Gasteiger partial charge in [0.2, 0.25) is 5.78 Å². The van der Waals surface area contributed by atoms with Crippen LogP contribution in [0.5, 0.6) is 0 Å². The summed E-state index contributed by atoms with van der Waals surface area (Å²) in [4.78, 5) is 23.3. The van der Waals surface area contributed by atoms with Crippen LogP contribution in [0.2, 0.25) is 0 Å². The first-order valence-electron chi connectivity index (χ1n) is 7.41. The van der Waals surface area contributed by atoms with Crippen LogP contribution in [0.3, 0.4) is 0 Å². The second-order valence-electron chi connectivity index (χ2n) is 5.39. The summed E-state index contributed by atoms with van der Waals surface area (Å²) < 4.78 is 1.49. The highest BCUT2D eigenvalue weighted by Gasteiger charge is 2.15. The molecule has 6 heteroatoms. The minimum atomic E-state index is -0.876. The van der Waals surface area contributed by atoms with Gasteiger partial charge in [-0.15, -0.1) is 5.10 Å². The molecule has 2 aromatic carbocycles. The number of ketones is 1. The van der Waals surface area contributed by atoms with Gasteiger partial charge < -0.3 is 5.11 Å². The predicted molar refractivity (Wildman–Crippen MR) is 87.3 cm³/mol. The Hall–Kier alpha value is -3.28. The summed E-state index contributed by atoms with van der Waals surface area (Å²) in [7, 11) is 0. The van der Waals surface area contributed by atoms with Crippen molar-refractivity contribution in [2.75, 3.05) is 0 Å². The minimum absolute atomic E-state index is 0.196. The van der Waals surface area contributed by atoms with E-state index in [4.69, 9.17) is 5.11 Å². The summed E-state index contributed by atoms with van der Waals surface area (Å²) in [5, 5.41) is 16.9. The van der Waals surface area contributed by atoms with E-state index in [1.54, 1.807) is 61.7 Å². The number of carboxylic acids is 1. The monoisotopic (exact) mass is 321 g/mol. The number of aromatic nitrogens is 3. The SMILES string of the molecule is CC(C(=O)O)c1ccc(-n2cc(C(=O)c3ccccc3)nn2)cc1. The van der Waals surface area contributed by atoms with E-state index >= 15 is 0 Å². The van der Waals surface area contributed by atoms with Gasteiger partial charge in [0.25, 0.3) is 0 Å². The molecule has 0 saturated carbocycles. The smallest absolute Gasteiger partial charge is 0.310 e. The molecule has 0 amide bonds. The van der Waals surface area contributed by atoms with Crippen molar-refractivity contribution >= 4 is 11.8 Å². The Bertz CT molecular complexity index is 870. The first kappa shape index (κ1) is 15.6. The van der Waals surface area contributed by atoms with E-state index in [-0.39, 0.29) is 11.5 Å². The zero-order valence-corrected chi connectivity index (χ0v) is 13.0. The maximum atomic E-state index is 12.3. The molecule has 1 atom stereocenters. The number of carbonyl (C=O) groups is 2. The lowest BCUT2D eigenvalue weighted by molar-refractivity contribution is -0.138. The standard InChI is InChI=1S/C18H15N3O3/c1-12(18(23)24)13-7-9-15(10-8-13)21-11-16(19-20-21)17(22)14-5-3-2-4-6-14/h2-12H,1H3,(H,23,24). The van der Waals surface area contributed by atoms with Crippen molar-refractivity contribution in [1.82, 2.24) is 15.0 Å². The molecule has 0 radical (unpaired) electrons. The van der Waals surface area contributed by atoms with Gasteiger partial charge in [0.05, 0.1) is 17.8 Å². The fourth-order valence-corrected chi connectivity index (χ4v) is 2.29. The number of rotatable bonds is 5. The lowest BCUT2D eigenvalue weighted by atomic mass is 10.0. The molecule has 3 rings (SSSR count). The molecule has 1 heterocycles. The van der Waals surface area contributed by atoms with Crippen LogP contribution in [-0.2, 0) is 4.79 Å². The molecule has 0 saturated heterocycles. The lowest BCUT2D eigenvalue weighted by Crippen LogP contribution is -2.07. The average Bonchev–Trinajstić information content (AvgIpc) is 3.11. The summed E-state index contributed by atoms with van der Waals surface area (Å²) in [5.41, 5.74) is 2.21. The number of carboxylic acid groups (broad SMARTS) is 1. The van der Waals surface area contributed by atoms with Gasteiger partial charge in [-0.05, 0) is 24.6 Å². The van der Waals surface area contributed by atoms with Gasteiger partial charge in [0.1, 0.15) is 0 Å². The Morgan fingerprint density at radius 2 is 1.71 bits per heavy atom. The van der Waals surface area contributed by atoms with E-state index in [9.17, 15) is 9.59 Å². The fourth-order valence-electron chi connectivity index (χ4n) is 2.29. The van der Waals surface area contributed by atoms with E-state index < -0.39 is 11.9 Å². The molecule has 6 nitrogen and oxygen atoms in total. The summed E-state index contributed by atoms with van der Waals surface area (Å²) >= 11 is 0. The number of aliphatic carboxylic acids is 1. The molecule has 24 heavy (non-hydrogen) atoms. The Morgan fingerprint density at radius 1 is 1.04 bits per heavy atom. The van der Waals surface area contributed by atoms with Gasteiger partial charge in [0.15, 0.2) is 5.69 Å². The molecular weight excluding hydrogens is 306 g/mol. The third kappa shape index (κ3) is 3.08. The number of carbonyl (C=O) groups excluding carboxylic acids is 1. The summed E-state index contributed by atoms with van der Waals surface area (Å²) in [6.45, 7) is 1.63. The van der Waals surface area contributed by atoms with Crippen LogP contribution in [-0.4, -0.2) is 31.9 Å². The Labute approximate surface area is 138 Å². The van der Waals surface area contributed by atoms with E-state index in [2.05, 4.69) is 10.3 Å². The van der Waals surface area contributed by atoms with Crippen LogP contribution in [0, 0.1) is 0 Å². The van der Waals surface area contributed by atoms with E-state index in [0.717, 1.165) is 0 Å². The van der Waals surface area contributed by atoms with Crippen LogP contribution in [0.25, 0.3) is 5.69 Å². The first-order valence-corrected chi connectivity index (χ1v) is 7.41. The van der Waals surface area contributed by atoms with Crippen molar-refractivity contribution in [3.63, 3.8) is 0 Å². The third-order valence-electron chi connectivity index (χ3n) is 3.79. The minimum Gasteiger partial charge on any atom is -0.481 e. The topological polar surface area (TPSA) is 85.1 Å². The second-order valence-corrected chi connectivity index (χ2v) is 5.39. The molecular formula is C18H15N3O3. The molecule has 1 aromatic heterocycles. The van der Waals surface area contributed by atoms with E-state index in [1.807, 2.05) is 6.07 Å². The van der Waals surface area contributed by atoms with Crippen molar-refractivity contribution in [2.24, 2.45) is 0 Å². The van der Waals surface area contributed by atoms with Gasteiger partial charge >= 0.3 is 5.97 Å². The lowest BCUT2D eigenvalue weighted by Gasteiger charge is -2.07. The van der Waals surface area contributed by atoms with Crippen LogP contribution in [0.1, 0.15) is 34.5 Å². The fraction of sp³-hybridized carbons (Fsp3) is 0.111. The van der Waals surface area contributed by atoms with Crippen molar-refractivity contribution in [3.8, 4) is 5.69 Å². The number of hydrogen-bond acceptors (Lipinski definition) is 4. The maximum absolute atomic E-state index is 12.3. The highest BCUT2D eigenvalue weighted by Crippen LogP contribution is 2.18. The Morgan fingerprint density at radius 3 is 2.33 bits per heavy atom. The molecule has 0 aliphatic carbocycles. The molecule has 120 valence electrons. The maximum Gasteiger partial charge on any atom is 0.310 e. The third-order valence-corrected chi connectivity index (χ3v) is 3.79. The number of benzene rings is 2. The van der Waals surface area contributed by atoms with Crippen LogP contribution < -0.4 is 0 Å². The highest BCUT2D eigenvalue weighted by molar-refractivity contribution is 6.07. The molecule has 0 aliphatic rings. The van der Waals surface area contributed by atoms with Crippen LogP contribution in [0.15, 0.2) is 60.8 Å². The van der Waals surface area contributed by atoms with Crippen LogP contribution >= 0.6 is 0 Å². The molecule has 0 bridgehead atoms. The zero-order valence-electron chi connectivity index (χ0n) is 13.0. The normalized spacial score (nSPS) is 11.9. The van der Waals surface area contributed by atoms with Gasteiger partial charge in [-0.1, -0.05) is 47.7 Å². The van der Waals surface area contributed by atoms with Gasteiger partial charge in [-0.2, -0.15) is 0 Å². The van der Waals surface area contributed by atoms with Crippen molar-refractivity contribution in [2.45, 2.75) is 12.8 Å². The first-order chi connectivity index (χ1) is 11.6. The van der Waals surface area contributed by atoms with E-state index in [1.165, 1.54) is 4.68 Å². The summed E-state index contributed by atoms with van der Waals surface area (Å²) in [6.07, 6.45) is 1.56. The van der Waals surface area contributed by atoms with Crippen molar-refractivity contribution < 1.29 is 14.7 Å². The van der Waals surface area contributed by atoms with E-state index in [0.29, 0.717) is 16.8 Å². The largest absolute Gasteiger partial charge is 0.481 e. The quantitative estimate of drug-likeness (QED) is 0.730. The number of nitrogens with zero attached hydrogens (tertiary/aromatic N) is 3. The summed E-state index contributed by atoms with van der Waals surface area (Å²) in [5.74, 6) is -1.65. The van der Waals surface area contributed by atoms with Crippen molar-refractivity contribution in [3.05, 3.63) is 77.6 Å². The molecule has 0 aliphatic heterocycles. The van der Waals surface area contributed by atoms with Gasteiger partial charge in [-0.25, -0.2) is 4.68 Å². The highest BCUT2D eigenvalue weighted by atomic mass is 16.4. The molecule has 3 aromatic rings. The predicted octanol–water partition coefficient (Wildman–Crippen LogP) is 2.69. The molecule has 0 fully saturated rings. The van der Waals surface area contributed by atoms with Gasteiger partial charge in [0, 0.05) is 5.56 Å². The molecule has 1 N–H and O–H groups in total. The van der Waals surface area contributed by atoms with Crippen LogP contribution in [0.4, 0.5) is 0 Å². The molecule has 0 spiro atoms. The van der Waals surface area contributed by atoms with Crippen molar-refractivity contribution in [1.29, 1.82) is 0 Å². The molecule has 1 unspecified atom stereocenters. The average molecular weight is 321 g/mol. The van der Waals surface area contributed by atoms with Gasteiger partial charge in [-0.3, -0.25) is 9.59 Å². The zero-order chi connectivity index (χ0) is 17.1. The number of hydrogen-bond donors (Lipinski definition) is 1. The second kappa shape index (κ2) is 6.45. The Kier molecular flexibility index (Phi) is 4.20.